The number of hydrogen-bond donors (Lipinski definition) is 1. The van der Waals surface area contributed by atoms with Crippen LogP contribution in [0.5, 0.6) is 0 Å². The van der Waals surface area contributed by atoms with Crippen molar-refractivity contribution in [2.24, 2.45) is 13.0 Å². The molecule has 1 aliphatic rings. The standard InChI is InChI=1S/C14H25N3/c1-12(13-7-5-3-4-6-8-13)16-10-14-9-15-11-17(14)2/h9,11-13,16H,3-8,10H2,1-2H3/t12-/m0/s1. The fraction of sp³-hybridized carbons (Fsp3) is 0.786. The van der Waals surface area contributed by atoms with Gasteiger partial charge < -0.3 is 9.88 Å². The van der Waals surface area contributed by atoms with Crippen LogP contribution in [0.4, 0.5) is 0 Å². The third kappa shape index (κ3) is 3.56. The van der Waals surface area contributed by atoms with Gasteiger partial charge in [0.25, 0.3) is 0 Å². The van der Waals surface area contributed by atoms with Crippen molar-refractivity contribution >= 4 is 0 Å². The zero-order chi connectivity index (χ0) is 12.1. The van der Waals surface area contributed by atoms with Crippen LogP contribution < -0.4 is 5.32 Å². The lowest BCUT2D eigenvalue weighted by Gasteiger charge is -2.23. The van der Waals surface area contributed by atoms with Crippen LogP contribution in [0.3, 0.4) is 0 Å². The highest BCUT2D eigenvalue weighted by Gasteiger charge is 2.18. The van der Waals surface area contributed by atoms with Gasteiger partial charge in [-0.05, 0) is 25.7 Å². The Balaban J connectivity index is 1.80. The molecule has 0 spiro atoms. The molecule has 1 heterocycles. The highest BCUT2D eigenvalue weighted by atomic mass is 15.0. The van der Waals surface area contributed by atoms with Gasteiger partial charge in [0.1, 0.15) is 0 Å². The zero-order valence-corrected chi connectivity index (χ0v) is 11.2. The van der Waals surface area contributed by atoms with Crippen LogP contribution in [0.1, 0.15) is 51.1 Å². The maximum atomic E-state index is 4.15. The average Bonchev–Trinajstić information content (AvgIpc) is 2.58. The van der Waals surface area contributed by atoms with Gasteiger partial charge in [-0.1, -0.05) is 25.7 Å². The van der Waals surface area contributed by atoms with E-state index >= 15 is 0 Å². The molecule has 0 aliphatic heterocycles. The minimum absolute atomic E-state index is 0.628. The molecule has 0 saturated heterocycles. The first kappa shape index (κ1) is 12.6. The molecule has 1 N–H and O–H groups in total. The van der Waals surface area contributed by atoms with E-state index in [9.17, 15) is 0 Å². The highest BCUT2D eigenvalue weighted by Crippen LogP contribution is 2.25. The molecule has 1 saturated carbocycles. The van der Waals surface area contributed by atoms with Gasteiger partial charge in [-0.15, -0.1) is 0 Å². The van der Waals surface area contributed by atoms with Gasteiger partial charge in [-0.25, -0.2) is 4.98 Å². The van der Waals surface area contributed by atoms with Crippen molar-refractivity contribution in [1.82, 2.24) is 14.9 Å². The lowest BCUT2D eigenvalue weighted by molar-refractivity contribution is 0.334. The lowest BCUT2D eigenvalue weighted by Crippen LogP contribution is -2.33. The number of nitrogens with one attached hydrogen (secondary N) is 1. The van der Waals surface area contributed by atoms with E-state index in [4.69, 9.17) is 0 Å². The molecule has 2 rings (SSSR count). The average molecular weight is 235 g/mol. The van der Waals surface area contributed by atoms with Crippen molar-refractivity contribution in [2.75, 3.05) is 0 Å². The Labute approximate surface area is 105 Å². The Bertz CT molecular complexity index is 324. The summed E-state index contributed by atoms with van der Waals surface area (Å²) in [4.78, 5) is 4.15. The minimum atomic E-state index is 0.628. The molecule has 96 valence electrons. The first-order valence-corrected chi connectivity index (χ1v) is 6.96. The van der Waals surface area contributed by atoms with Crippen molar-refractivity contribution in [3.63, 3.8) is 0 Å². The van der Waals surface area contributed by atoms with E-state index < -0.39 is 0 Å². The molecule has 0 bridgehead atoms. The van der Waals surface area contributed by atoms with Crippen LogP contribution in [-0.2, 0) is 13.6 Å². The largest absolute Gasteiger partial charge is 0.337 e. The van der Waals surface area contributed by atoms with Gasteiger partial charge in [-0.2, -0.15) is 0 Å². The van der Waals surface area contributed by atoms with Crippen molar-refractivity contribution in [2.45, 2.75) is 58.0 Å². The van der Waals surface area contributed by atoms with E-state index in [0.29, 0.717) is 6.04 Å². The monoisotopic (exact) mass is 235 g/mol. The highest BCUT2D eigenvalue weighted by molar-refractivity contribution is 4.97. The van der Waals surface area contributed by atoms with Gasteiger partial charge >= 0.3 is 0 Å². The second kappa shape index (κ2) is 6.20. The van der Waals surface area contributed by atoms with E-state index in [1.165, 1.54) is 44.2 Å². The predicted octanol–water partition coefficient (Wildman–Crippen LogP) is 2.87. The summed E-state index contributed by atoms with van der Waals surface area (Å²) in [5.41, 5.74) is 1.27. The molecular weight excluding hydrogens is 210 g/mol. The van der Waals surface area contributed by atoms with E-state index in [1.807, 2.05) is 12.5 Å². The number of hydrogen-bond acceptors (Lipinski definition) is 2. The lowest BCUT2D eigenvalue weighted by atomic mass is 9.93. The molecule has 17 heavy (non-hydrogen) atoms. The second-order valence-corrected chi connectivity index (χ2v) is 5.42. The maximum Gasteiger partial charge on any atom is 0.0945 e. The fourth-order valence-electron chi connectivity index (χ4n) is 2.80. The van der Waals surface area contributed by atoms with E-state index in [1.54, 1.807) is 0 Å². The first-order valence-electron chi connectivity index (χ1n) is 6.96. The van der Waals surface area contributed by atoms with Crippen molar-refractivity contribution in [3.8, 4) is 0 Å². The fourth-order valence-corrected chi connectivity index (χ4v) is 2.80. The molecule has 0 aromatic carbocycles. The summed E-state index contributed by atoms with van der Waals surface area (Å²) in [5.74, 6) is 0.866. The van der Waals surface area contributed by atoms with Gasteiger partial charge in [0.05, 0.1) is 12.0 Å². The van der Waals surface area contributed by atoms with E-state index in [2.05, 4.69) is 28.8 Å². The molecule has 1 aliphatic carbocycles. The predicted molar refractivity (Wildman–Crippen MR) is 70.7 cm³/mol. The van der Waals surface area contributed by atoms with Gasteiger partial charge in [0, 0.05) is 25.8 Å². The second-order valence-electron chi connectivity index (χ2n) is 5.42. The summed E-state index contributed by atoms with van der Waals surface area (Å²) in [7, 11) is 2.06. The van der Waals surface area contributed by atoms with Crippen molar-refractivity contribution in [1.29, 1.82) is 0 Å². The van der Waals surface area contributed by atoms with Crippen molar-refractivity contribution in [3.05, 3.63) is 18.2 Å². The molecule has 1 aromatic rings. The molecule has 3 heteroatoms. The van der Waals surface area contributed by atoms with Crippen molar-refractivity contribution < 1.29 is 0 Å². The molecule has 1 atom stereocenters. The van der Waals surface area contributed by atoms with E-state index in [-0.39, 0.29) is 0 Å². The number of aromatic nitrogens is 2. The number of rotatable bonds is 4. The molecular formula is C14H25N3. The number of aryl methyl sites for hydroxylation is 1. The number of nitrogens with zero attached hydrogens (tertiary/aromatic N) is 2. The summed E-state index contributed by atoms with van der Waals surface area (Å²) in [6.07, 6.45) is 12.3. The van der Waals surface area contributed by atoms with E-state index in [0.717, 1.165) is 12.5 Å². The topological polar surface area (TPSA) is 29.9 Å². The van der Waals surface area contributed by atoms with Crippen LogP contribution in [0.2, 0.25) is 0 Å². The van der Waals surface area contributed by atoms with Crippen LogP contribution in [0.15, 0.2) is 12.5 Å². The third-order valence-corrected chi connectivity index (χ3v) is 4.13. The summed E-state index contributed by atoms with van der Waals surface area (Å²) in [6, 6.07) is 0.628. The van der Waals surface area contributed by atoms with Crippen LogP contribution in [0.25, 0.3) is 0 Å². The Hall–Kier alpha value is -0.830. The Morgan fingerprint density at radius 1 is 1.35 bits per heavy atom. The Kier molecular flexibility index (Phi) is 4.60. The zero-order valence-electron chi connectivity index (χ0n) is 11.2. The van der Waals surface area contributed by atoms with Crippen LogP contribution in [0, 0.1) is 5.92 Å². The van der Waals surface area contributed by atoms with Gasteiger partial charge in [0.15, 0.2) is 0 Å². The third-order valence-electron chi connectivity index (χ3n) is 4.13. The summed E-state index contributed by atoms with van der Waals surface area (Å²) < 4.78 is 2.09. The van der Waals surface area contributed by atoms with Crippen LogP contribution in [-0.4, -0.2) is 15.6 Å². The molecule has 0 amide bonds. The first-order chi connectivity index (χ1) is 8.27. The summed E-state index contributed by atoms with van der Waals surface area (Å²) >= 11 is 0. The van der Waals surface area contributed by atoms with Gasteiger partial charge in [-0.3, -0.25) is 0 Å². The Morgan fingerprint density at radius 3 is 2.65 bits per heavy atom. The summed E-state index contributed by atoms with van der Waals surface area (Å²) in [6.45, 7) is 3.28. The Morgan fingerprint density at radius 2 is 2.06 bits per heavy atom. The molecule has 1 fully saturated rings. The molecule has 0 unspecified atom stereocenters. The SMILES string of the molecule is C[C@H](NCc1cncn1C)C1CCCCCC1. The molecule has 3 nitrogen and oxygen atoms in total. The quantitative estimate of drug-likeness (QED) is 0.813. The maximum absolute atomic E-state index is 4.15. The van der Waals surface area contributed by atoms with Gasteiger partial charge in [0.2, 0.25) is 0 Å². The molecule has 1 aromatic heterocycles. The summed E-state index contributed by atoms with van der Waals surface area (Å²) in [5, 5.41) is 3.66. The van der Waals surface area contributed by atoms with Crippen LogP contribution >= 0.6 is 0 Å². The smallest absolute Gasteiger partial charge is 0.0945 e. The normalized spacial score (nSPS) is 20.1. The minimum Gasteiger partial charge on any atom is -0.337 e. The number of imidazole rings is 1. The molecule has 0 radical (unpaired) electrons.